The maximum Gasteiger partial charge on any atom is 0.236 e. The molecule has 0 saturated heterocycles. The van der Waals surface area contributed by atoms with Gasteiger partial charge in [0.25, 0.3) is 0 Å². The highest BCUT2D eigenvalue weighted by Gasteiger charge is 2.07. The Morgan fingerprint density at radius 3 is 2.29 bits per heavy atom. The Bertz CT molecular complexity index is 706. The first kappa shape index (κ1) is 14.7. The van der Waals surface area contributed by atoms with Crippen molar-refractivity contribution < 1.29 is 14.3 Å². The standard InChI is InChI=1S/C18H16O3/c1-13-11-15(18(21-3)12-17(13)20-2)9-10-16(19)14-7-5-4-6-8-14/h4-8,11-12H,1-3H3. The van der Waals surface area contributed by atoms with Crippen molar-refractivity contribution >= 4 is 5.78 Å². The summed E-state index contributed by atoms with van der Waals surface area (Å²) in [5.41, 5.74) is 2.18. The topological polar surface area (TPSA) is 35.5 Å². The fourth-order valence-corrected chi connectivity index (χ4v) is 1.94. The van der Waals surface area contributed by atoms with Gasteiger partial charge in [0.2, 0.25) is 5.78 Å². The lowest BCUT2D eigenvalue weighted by Crippen LogP contribution is -1.96. The quantitative estimate of drug-likeness (QED) is 0.639. The molecule has 0 unspecified atom stereocenters. The zero-order valence-electron chi connectivity index (χ0n) is 12.3. The Labute approximate surface area is 124 Å². The molecule has 0 amide bonds. The highest BCUT2D eigenvalue weighted by atomic mass is 16.5. The minimum Gasteiger partial charge on any atom is -0.496 e. The van der Waals surface area contributed by atoms with E-state index in [1.54, 1.807) is 32.4 Å². The van der Waals surface area contributed by atoms with Gasteiger partial charge in [-0.1, -0.05) is 36.3 Å². The summed E-state index contributed by atoms with van der Waals surface area (Å²) in [5.74, 6) is 6.62. The van der Waals surface area contributed by atoms with Gasteiger partial charge in [-0.25, -0.2) is 0 Å². The van der Waals surface area contributed by atoms with Crippen LogP contribution in [0.3, 0.4) is 0 Å². The van der Waals surface area contributed by atoms with E-state index >= 15 is 0 Å². The van der Waals surface area contributed by atoms with Gasteiger partial charge in [-0.05, 0) is 24.5 Å². The molecule has 0 saturated carbocycles. The molecule has 0 atom stereocenters. The van der Waals surface area contributed by atoms with Gasteiger partial charge in [0.05, 0.1) is 19.8 Å². The van der Waals surface area contributed by atoms with Crippen molar-refractivity contribution in [1.29, 1.82) is 0 Å². The maximum absolute atomic E-state index is 12.0. The van der Waals surface area contributed by atoms with Gasteiger partial charge in [-0.2, -0.15) is 0 Å². The summed E-state index contributed by atoms with van der Waals surface area (Å²) in [6, 6.07) is 12.6. The van der Waals surface area contributed by atoms with Crippen molar-refractivity contribution in [2.75, 3.05) is 14.2 Å². The first-order valence-corrected chi connectivity index (χ1v) is 6.49. The van der Waals surface area contributed by atoms with Gasteiger partial charge >= 0.3 is 0 Å². The van der Waals surface area contributed by atoms with Crippen LogP contribution in [0.4, 0.5) is 0 Å². The van der Waals surface area contributed by atoms with E-state index in [-0.39, 0.29) is 5.78 Å². The van der Waals surface area contributed by atoms with Crippen LogP contribution in [0.1, 0.15) is 21.5 Å². The molecular weight excluding hydrogens is 264 g/mol. The number of benzene rings is 2. The van der Waals surface area contributed by atoms with Crippen LogP contribution in [0.2, 0.25) is 0 Å². The van der Waals surface area contributed by atoms with Gasteiger partial charge < -0.3 is 9.47 Å². The zero-order chi connectivity index (χ0) is 15.2. The van der Waals surface area contributed by atoms with E-state index in [0.29, 0.717) is 16.9 Å². The average Bonchev–Trinajstić information content (AvgIpc) is 2.53. The average molecular weight is 280 g/mol. The number of carbonyl (C=O) groups excluding carboxylic acids is 1. The molecule has 0 spiro atoms. The molecule has 0 heterocycles. The van der Waals surface area contributed by atoms with Crippen molar-refractivity contribution in [3.8, 4) is 23.3 Å². The molecule has 21 heavy (non-hydrogen) atoms. The van der Waals surface area contributed by atoms with E-state index in [2.05, 4.69) is 11.8 Å². The number of carbonyl (C=O) groups is 1. The number of ether oxygens (including phenoxy) is 2. The minimum atomic E-state index is -0.217. The maximum atomic E-state index is 12.0. The van der Waals surface area contributed by atoms with Crippen LogP contribution in [-0.2, 0) is 0 Å². The summed E-state index contributed by atoms with van der Waals surface area (Å²) >= 11 is 0. The van der Waals surface area contributed by atoms with Crippen molar-refractivity contribution in [1.82, 2.24) is 0 Å². The first-order valence-electron chi connectivity index (χ1n) is 6.49. The summed E-state index contributed by atoms with van der Waals surface area (Å²) in [6.45, 7) is 1.92. The van der Waals surface area contributed by atoms with Crippen molar-refractivity contribution in [2.45, 2.75) is 6.92 Å². The van der Waals surface area contributed by atoms with Crippen LogP contribution >= 0.6 is 0 Å². The number of hydrogen-bond donors (Lipinski definition) is 0. The molecule has 3 nitrogen and oxygen atoms in total. The van der Waals surface area contributed by atoms with Crippen LogP contribution in [0.25, 0.3) is 0 Å². The van der Waals surface area contributed by atoms with Crippen LogP contribution in [-0.4, -0.2) is 20.0 Å². The van der Waals surface area contributed by atoms with Gasteiger partial charge in [-0.3, -0.25) is 4.79 Å². The van der Waals surface area contributed by atoms with Gasteiger partial charge in [0.1, 0.15) is 11.5 Å². The highest BCUT2D eigenvalue weighted by molar-refractivity contribution is 6.09. The largest absolute Gasteiger partial charge is 0.496 e. The molecule has 0 radical (unpaired) electrons. The van der Waals surface area contributed by atoms with Crippen LogP contribution < -0.4 is 9.47 Å². The molecule has 0 N–H and O–H groups in total. The van der Waals surface area contributed by atoms with E-state index in [4.69, 9.17) is 9.47 Å². The van der Waals surface area contributed by atoms with E-state index in [9.17, 15) is 4.79 Å². The summed E-state index contributed by atoms with van der Waals surface area (Å²) < 4.78 is 10.5. The molecule has 106 valence electrons. The lowest BCUT2D eigenvalue weighted by Gasteiger charge is -2.09. The molecule has 0 aliphatic rings. The SMILES string of the molecule is COc1cc(OC)c(C#CC(=O)c2ccccc2)cc1C. The second kappa shape index (κ2) is 6.62. The summed E-state index contributed by atoms with van der Waals surface area (Å²) in [4.78, 5) is 12.0. The molecule has 2 aromatic carbocycles. The number of aryl methyl sites for hydroxylation is 1. The van der Waals surface area contributed by atoms with Crippen molar-refractivity contribution in [3.05, 3.63) is 59.2 Å². The fourth-order valence-electron chi connectivity index (χ4n) is 1.94. The number of Topliss-reactive ketones (excluding diaryl/α,β-unsaturated/α-hetero) is 1. The van der Waals surface area contributed by atoms with Crippen LogP contribution in [0.15, 0.2) is 42.5 Å². The second-order valence-electron chi connectivity index (χ2n) is 4.47. The Morgan fingerprint density at radius 2 is 1.67 bits per heavy atom. The number of methoxy groups -OCH3 is 2. The minimum absolute atomic E-state index is 0.217. The van der Waals surface area contributed by atoms with Crippen LogP contribution in [0, 0.1) is 18.8 Å². The Kier molecular flexibility index (Phi) is 4.63. The van der Waals surface area contributed by atoms with Crippen molar-refractivity contribution in [3.63, 3.8) is 0 Å². The Balaban J connectivity index is 2.34. The third-order valence-electron chi connectivity index (χ3n) is 3.06. The summed E-state index contributed by atoms with van der Waals surface area (Å²) in [5, 5.41) is 0. The summed E-state index contributed by atoms with van der Waals surface area (Å²) in [6.07, 6.45) is 0. The Morgan fingerprint density at radius 1 is 1.00 bits per heavy atom. The van der Waals surface area contributed by atoms with E-state index in [0.717, 1.165) is 11.3 Å². The highest BCUT2D eigenvalue weighted by Crippen LogP contribution is 2.27. The number of hydrogen-bond acceptors (Lipinski definition) is 3. The zero-order valence-corrected chi connectivity index (χ0v) is 12.3. The van der Waals surface area contributed by atoms with Crippen molar-refractivity contribution in [2.24, 2.45) is 0 Å². The molecule has 0 aliphatic carbocycles. The molecule has 0 aliphatic heterocycles. The number of rotatable bonds is 3. The molecule has 2 aromatic rings. The Hall–Kier alpha value is -2.73. The molecule has 0 fully saturated rings. The molecule has 2 rings (SSSR count). The lowest BCUT2D eigenvalue weighted by atomic mass is 10.1. The molecule has 0 aromatic heterocycles. The predicted molar refractivity (Wildman–Crippen MR) is 81.9 cm³/mol. The van der Waals surface area contributed by atoms with Gasteiger partial charge in [0.15, 0.2) is 0 Å². The molecule has 3 heteroatoms. The van der Waals surface area contributed by atoms with Crippen LogP contribution in [0.5, 0.6) is 11.5 Å². The monoisotopic (exact) mass is 280 g/mol. The normalized spacial score (nSPS) is 9.48. The molecule has 0 bridgehead atoms. The summed E-state index contributed by atoms with van der Waals surface area (Å²) in [7, 11) is 3.17. The van der Waals surface area contributed by atoms with E-state index in [1.165, 1.54) is 0 Å². The first-order chi connectivity index (χ1) is 10.2. The van der Waals surface area contributed by atoms with Gasteiger partial charge in [-0.15, -0.1) is 0 Å². The third-order valence-corrected chi connectivity index (χ3v) is 3.06. The number of ketones is 1. The second-order valence-corrected chi connectivity index (χ2v) is 4.47. The third kappa shape index (κ3) is 3.43. The van der Waals surface area contributed by atoms with E-state index in [1.807, 2.05) is 31.2 Å². The van der Waals surface area contributed by atoms with Gasteiger partial charge in [0, 0.05) is 11.6 Å². The lowest BCUT2D eigenvalue weighted by molar-refractivity contribution is 0.105. The van der Waals surface area contributed by atoms with E-state index < -0.39 is 0 Å². The predicted octanol–water partition coefficient (Wildman–Crippen LogP) is 3.25. The molecular formula is C18H16O3. The smallest absolute Gasteiger partial charge is 0.236 e. The fraction of sp³-hybridized carbons (Fsp3) is 0.167.